The number of amides is 1. The Balaban J connectivity index is 1.28. The summed E-state index contributed by atoms with van der Waals surface area (Å²) in [4.78, 5) is 19.1. The van der Waals surface area contributed by atoms with Gasteiger partial charge in [-0.15, -0.1) is 0 Å². The summed E-state index contributed by atoms with van der Waals surface area (Å²) in [6.07, 6.45) is 7.36. The molecule has 1 atom stereocenters. The maximum atomic E-state index is 12.1. The molecule has 1 unspecified atom stereocenters. The summed E-state index contributed by atoms with van der Waals surface area (Å²) in [6, 6.07) is 11.5. The van der Waals surface area contributed by atoms with Gasteiger partial charge in [0.25, 0.3) is 0 Å². The monoisotopic (exact) mass is 591 g/mol. The number of hydrazine groups is 1. The zero-order valence-electron chi connectivity index (χ0n) is 25.6. The molecule has 2 N–H and O–H groups in total. The standard InChI is InChI=1S/C33H45N5O5/c1-24(2)43-28-10-8-27(9-11-28)38(23-40)37-15-13-36(14-16-37)33-26(22-39)21-35-30-19-32(31(41-3)18-29(30)33)42-17-5-7-25-6-4-12-34-20-25/h8-11,18-19,21,23-25,34,39H,4-7,12-17,20,22H2,1-3H3. The van der Waals surface area contributed by atoms with E-state index in [1.807, 2.05) is 55.3 Å². The number of anilines is 2. The molecule has 232 valence electrons. The largest absolute Gasteiger partial charge is 0.493 e. The average molecular weight is 592 g/mol. The van der Waals surface area contributed by atoms with Gasteiger partial charge in [0.15, 0.2) is 11.5 Å². The van der Waals surface area contributed by atoms with Crippen LogP contribution in [0.3, 0.4) is 0 Å². The molecule has 2 saturated heterocycles. The highest BCUT2D eigenvalue weighted by molar-refractivity contribution is 5.95. The number of hydrogen-bond donors (Lipinski definition) is 2. The van der Waals surface area contributed by atoms with E-state index < -0.39 is 0 Å². The quantitative estimate of drug-likeness (QED) is 0.222. The number of benzene rings is 2. The maximum absolute atomic E-state index is 12.1. The van der Waals surface area contributed by atoms with Gasteiger partial charge in [-0.05, 0) is 88.9 Å². The molecule has 3 heterocycles. The van der Waals surface area contributed by atoms with Gasteiger partial charge in [0, 0.05) is 49.4 Å². The van der Waals surface area contributed by atoms with Crippen molar-refractivity contribution in [3.8, 4) is 17.2 Å². The zero-order valence-corrected chi connectivity index (χ0v) is 25.6. The molecule has 0 radical (unpaired) electrons. The van der Waals surface area contributed by atoms with Crippen LogP contribution in [0.5, 0.6) is 17.2 Å². The fourth-order valence-corrected chi connectivity index (χ4v) is 6.09. The van der Waals surface area contributed by atoms with Gasteiger partial charge in [-0.3, -0.25) is 9.78 Å². The first-order valence-electron chi connectivity index (χ1n) is 15.5. The summed E-state index contributed by atoms with van der Waals surface area (Å²) in [5, 5.41) is 18.3. The van der Waals surface area contributed by atoms with E-state index in [9.17, 15) is 9.90 Å². The lowest BCUT2D eigenvalue weighted by Gasteiger charge is -2.41. The normalized spacial score (nSPS) is 17.7. The van der Waals surface area contributed by atoms with Crippen molar-refractivity contribution in [2.75, 3.05) is 62.9 Å². The molecule has 43 heavy (non-hydrogen) atoms. The number of fused-ring (bicyclic) bond motifs is 1. The Labute approximate surface area is 254 Å². The first-order chi connectivity index (χ1) is 21.0. The Hall–Kier alpha value is -3.60. The number of hydrogen-bond acceptors (Lipinski definition) is 9. The van der Waals surface area contributed by atoms with Gasteiger partial charge in [0.05, 0.1) is 43.3 Å². The summed E-state index contributed by atoms with van der Waals surface area (Å²) < 4.78 is 17.7. The Bertz CT molecular complexity index is 1340. The molecule has 10 heteroatoms. The van der Waals surface area contributed by atoms with E-state index in [1.54, 1.807) is 18.3 Å². The highest BCUT2D eigenvalue weighted by Gasteiger charge is 2.26. The van der Waals surface area contributed by atoms with Gasteiger partial charge in [-0.25, -0.2) is 10.0 Å². The summed E-state index contributed by atoms with van der Waals surface area (Å²) in [7, 11) is 1.65. The molecule has 2 fully saturated rings. The maximum Gasteiger partial charge on any atom is 0.228 e. The number of pyridine rings is 1. The number of ether oxygens (including phenoxy) is 3. The Morgan fingerprint density at radius 2 is 1.93 bits per heavy atom. The topological polar surface area (TPSA) is 99.6 Å². The fraction of sp³-hybridized carbons (Fsp3) is 0.515. The van der Waals surface area contributed by atoms with Crippen molar-refractivity contribution in [2.24, 2.45) is 5.92 Å². The Morgan fingerprint density at radius 3 is 2.58 bits per heavy atom. The van der Waals surface area contributed by atoms with Crippen LogP contribution in [0.2, 0.25) is 0 Å². The van der Waals surface area contributed by atoms with E-state index in [4.69, 9.17) is 14.2 Å². The lowest BCUT2D eigenvalue weighted by molar-refractivity contribution is -0.110. The van der Waals surface area contributed by atoms with Crippen molar-refractivity contribution in [1.29, 1.82) is 0 Å². The second-order valence-electron chi connectivity index (χ2n) is 11.6. The van der Waals surface area contributed by atoms with E-state index >= 15 is 0 Å². The molecule has 2 aromatic carbocycles. The number of carbonyl (C=O) groups excluding carboxylic acids is 1. The van der Waals surface area contributed by atoms with Gasteiger partial charge in [0.2, 0.25) is 6.41 Å². The van der Waals surface area contributed by atoms with E-state index in [2.05, 4.69) is 15.2 Å². The summed E-state index contributed by atoms with van der Waals surface area (Å²) >= 11 is 0. The van der Waals surface area contributed by atoms with E-state index in [0.717, 1.165) is 71.8 Å². The minimum absolute atomic E-state index is 0.0853. The molecule has 0 aliphatic carbocycles. The lowest BCUT2D eigenvalue weighted by Crippen LogP contribution is -2.54. The molecule has 1 amide bonds. The minimum Gasteiger partial charge on any atom is -0.493 e. The second kappa shape index (κ2) is 14.7. The van der Waals surface area contributed by atoms with Crippen LogP contribution in [0.15, 0.2) is 42.6 Å². The number of methoxy groups -OCH3 is 1. The molecular formula is C33H45N5O5. The smallest absolute Gasteiger partial charge is 0.228 e. The molecule has 1 aromatic heterocycles. The van der Waals surface area contributed by atoms with Crippen LogP contribution in [0.1, 0.15) is 45.1 Å². The van der Waals surface area contributed by atoms with Crippen LogP contribution in [0.4, 0.5) is 11.4 Å². The van der Waals surface area contributed by atoms with Crippen molar-refractivity contribution in [2.45, 2.75) is 52.2 Å². The minimum atomic E-state index is -0.125. The second-order valence-corrected chi connectivity index (χ2v) is 11.6. The number of aliphatic hydroxyl groups is 1. The van der Waals surface area contributed by atoms with Crippen LogP contribution in [0.25, 0.3) is 10.9 Å². The van der Waals surface area contributed by atoms with E-state index in [-0.39, 0.29) is 12.7 Å². The Kier molecular flexibility index (Phi) is 10.6. The highest BCUT2D eigenvalue weighted by atomic mass is 16.5. The third kappa shape index (κ3) is 7.49. The van der Waals surface area contributed by atoms with Crippen molar-refractivity contribution in [1.82, 2.24) is 15.3 Å². The average Bonchev–Trinajstić information content (AvgIpc) is 3.04. The number of piperidine rings is 1. The molecular weight excluding hydrogens is 546 g/mol. The zero-order chi connectivity index (χ0) is 30.2. The van der Waals surface area contributed by atoms with Crippen LogP contribution >= 0.6 is 0 Å². The number of piperazine rings is 1. The summed E-state index contributed by atoms with van der Waals surface area (Å²) in [5.74, 6) is 2.83. The predicted molar refractivity (Wildman–Crippen MR) is 169 cm³/mol. The van der Waals surface area contributed by atoms with Gasteiger partial charge < -0.3 is 29.5 Å². The molecule has 2 aliphatic heterocycles. The molecule has 0 spiro atoms. The molecule has 5 rings (SSSR count). The van der Waals surface area contributed by atoms with Gasteiger partial charge in [-0.2, -0.15) is 0 Å². The summed E-state index contributed by atoms with van der Waals surface area (Å²) in [6.45, 7) is 9.30. The van der Waals surface area contributed by atoms with Crippen molar-refractivity contribution >= 4 is 28.7 Å². The van der Waals surface area contributed by atoms with Gasteiger partial charge in [-0.1, -0.05) is 0 Å². The number of rotatable bonds is 13. The fourth-order valence-electron chi connectivity index (χ4n) is 6.09. The third-order valence-electron chi connectivity index (χ3n) is 8.23. The van der Waals surface area contributed by atoms with Crippen molar-refractivity contribution in [3.63, 3.8) is 0 Å². The van der Waals surface area contributed by atoms with Crippen LogP contribution < -0.4 is 29.4 Å². The number of carbonyl (C=O) groups is 1. The number of aliphatic hydroxyl groups excluding tert-OH is 1. The van der Waals surface area contributed by atoms with Crippen LogP contribution in [0, 0.1) is 5.92 Å². The van der Waals surface area contributed by atoms with Crippen LogP contribution in [-0.4, -0.2) is 80.6 Å². The number of nitrogens with zero attached hydrogens (tertiary/aromatic N) is 4. The van der Waals surface area contributed by atoms with Gasteiger partial charge in [0.1, 0.15) is 5.75 Å². The van der Waals surface area contributed by atoms with E-state index in [1.165, 1.54) is 12.8 Å². The molecule has 3 aromatic rings. The molecule has 0 bridgehead atoms. The molecule has 0 saturated carbocycles. The van der Waals surface area contributed by atoms with Crippen molar-refractivity contribution in [3.05, 3.63) is 48.2 Å². The highest BCUT2D eigenvalue weighted by Crippen LogP contribution is 2.38. The molecule has 10 nitrogen and oxygen atoms in total. The third-order valence-corrected chi connectivity index (χ3v) is 8.23. The van der Waals surface area contributed by atoms with E-state index in [0.29, 0.717) is 44.3 Å². The predicted octanol–water partition coefficient (Wildman–Crippen LogP) is 4.38. The number of aromatic nitrogens is 1. The Morgan fingerprint density at radius 1 is 1.14 bits per heavy atom. The van der Waals surface area contributed by atoms with Crippen molar-refractivity contribution < 1.29 is 24.1 Å². The number of nitrogens with one attached hydrogen (secondary N) is 1. The van der Waals surface area contributed by atoms with Crippen LogP contribution in [-0.2, 0) is 11.4 Å². The summed E-state index contributed by atoms with van der Waals surface area (Å²) in [5.41, 5.74) is 3.28. The first kappa shape index (κ1) is 30.8. The van der Waals surface area contributed by atoms with Gasteiger partial charge >= 0.3 is 0 Å². The molecule has 2 aliphatic rings. The lowest BCUT2D eigenvalue weighted by atomic mass is 9.95. The first-order valence-corrected chi connectivity index (χ1v) is 15.5. The SMILES string of the molecule is COc1cc2c(N3CCN(N(C=O)c4ccc(OC(C)C)cc4)CC3)c(CO)cnc2cc1OCCCC1CCCNC1.